The molecule has 1 N–H and O–H groups in total. The first kappa shape index (κ1) is 19.0. The second kappa shape index (κ2) is 7.97. The molecule has 29 heavy (non-hydrogen) atoms. The summed E-state index contributed by atoms with van der Waals surface area (Å²) in [6.07, 6.45) is 0.793. The standard InChI is InChI=1S/C22H20N2O4S/c1-27-17-5-3-6-18(28-2)20(17)21(25)23-15-9-8-14-10-11-24(16(14)13-15)22(26)19-7-4-12-29-19/h3-9,12-13H,10-11H2,1-2H3,(H,23,25). The zero-order valence-electron chi connectivity index (χ0n) is 16.1. The highest BCUT2D eigenvalue weighted by Crippen LogP contribution is 2.34. The Balaban J connectivity index is 1.61. The van der Waals surface area contributed by atoms with Crippen molar-refractivity contribution in [3.63, 3.8) is 0 Å². The highest BCUT2D eigenvalue weighted by Gasteiger charge is 2.27. The third-order valence-electron chi connectivity index (χ3n) is 4.87. The van der Waals surface area contributed by atoms with Gasteiger partial charge in [-0.3, -0.25) is 9.59 Å². The Morgan fingerprint density at radius 2 is 1.79 bits per heavy atom. The molecule has 1 aliphatic rings. The number of rotatable bonds is 5. The van der Waals surface area contributed by atoms with E-state index in [0.717, 1.165) is 17.7 Å². The summed E-state index contributed by atoms with van der Waals surface area (Å²) >= 11 is 1.42. The number of methoxy groups -OCH3 is 2. The minimum atomic E-state index is -0.339. The number of nitrogens with zero attached hydrogens (tertiary/aromatic N) is 1. The van der Waals surface area contributed by atoms with Gasteiger partial charge in [-0.2, -0.15) is 0 Å². The van der Waals surface area contributed by atoms with Crippen LogP contribution in [0.1, 0.15) is 25.6 Å². The molecule has 148 valence electrons. The number of benzene rings is 2. The molecule has 7 heteroatoms. The summed E-state index contributed by atoms with van der Waals surface area (Å²) in [5.41, 5.74) is 2.84. The number of hydrogen-bond acceptors (Lipinski definition) is 5. The van der Waals surface area contributed by atoms with Gasteiger partial charge in [-0.05, 0) is 47.7 Å². The molecule has 2 heterocycles. The first-order valence-corrected chi connectivity index (χ1v) is 10.0. The Kier molecular flexibility index (Phi) is 5.22. The molecule has 0 fully saturated rings. The van der Waals surface area contributed by atoms with Gasteiger partial charge in [-0.15, -0.1) is 11.3 Å². The van der Waals surface area contributed by atoms with Gasteiger partial charge in [0.1, 0.15) is 17.1 Å². The summed E-state index contributed by atoms with van der Waals surface area (Å²) < 4.78 is 10.6. The van der Waals surface area contributed by atoms with Crippen molar-refractivity contribution in [3.8, 4) is 11.5 Å². The minimum Gasteiger partial charge on any atom is -0.496 e. The lowest BCUT2D eigenvalue weighted by Crippen LogP contribution is -2.28. The molecule has 0 unspecified atom stereocenters. The molecular weight excluding hydrogens is 388 g/mol. The number of hydrogen-bond donors (Lipinski definition) is 1. The third-order valence-corrected chi connectivity index (χ3v) is 5.73. The maximum absolute atomic E-state index is 12.9. The van der Waals surface area contributed by atoms with Crippen molar-refractivity contribution in [1.29, 1.82) is 0 Å². The highest BCUT2D eigenvalue weighted by molar-refractivity contribution is 7.12. The van der Waals surface area contributed by atoms with E-state index in [9.17, 15) is 9.59 Å². The molecule has 3 aromatic rings. The maximum Gasteiger partial charge on any atom is 0.268 e. The molecule has 6 nitrogen and oxygen atoms in total. The SMILES string of the molecule is COc1cccc(OC)c1C(=O)Nc1ccc2c(c1)N(C(=O)c1cccs1)CC2. The molecule has 0 saturated heterocycles. The summed E-state index contributed by atoms with van der Waals surface area (Å²) in [6, 6.07) is 14.5. The molecule has 0 aliphatic carbocycles. The van der Waals surface area contributed by atoms with Crippen LogP contribution in [-0.4, -0.2) is 32.6 Å². The van der Waals surface area contributed by atoms with Gasteiger partial charge >= 0.3 is 0 Å². The van der Waals surface area contributed by atoms with Crippen LogP contribution in [0.3, 0.4) is 0 Å². The monoisotopic (exact) mass is 408 g/mol. The Labute approximate surface area is 172 Å². The molecule has 0 bridgehead atoms. The summed E-state index contributed by atoms with van der Waals surface area (Å²) in [4.78, 5) is 28.2. The Morgan fingerprint density at radius 1 is 1.03 bits per heavy atom. The lowest BCUT2D eigenvalue weighted by Gasteiger charge is -2.18. The molecule has 0 saturated carbocycles. The van der Waals surface area contributed by atoms with Crippen molar-refractivity contribution >= 4 is 34.5 Å². The van der Waals surface area contributed by atoms with Crippen LogP contribution in [0, 0.1) is 0 Å². The topological polar surface area (TPSA) is 67.9 Å². The zero-order valence-corrected chi connectivity index (χ0v) is 16.9. The predicted octanol–water partition coefficient (Wildman–Crippen LogP) is 4.22. The van der Waals surface area contributed by atoms with E-state index < -0.39 is 0 Å². The van der Waals surface area contributed by atoms with Gasteiger partial charge in [0.25, 0.3) is 11.8 Å². The zero-order chi connectivity index (χ0) is 20.4. The molecular formula is C22H20N2O4S. The van der Waals surface area contributed by atoms with Gasteiger partial charge in [0.05, 0.1) is 19.1 Å². The van der Waals surface area contributed by atoms with Crippen molar-refractivity contribution in [1.82, 2.24) is 0 Å². The van der Waals surface area contributed by atoms with Gasteiger partial charge in [-0.1, -0.05) is 18.2 Å². The van der Waals surface area contributed by atoms with Crippen molar-refractivity contribution < 1.29 is 19.1 Å². The van der Waals surface area contributed by atoms with E-state index in [0.29, 0.717) is 34.2 Å². The van der Waals surface area contributed by atoms with Crippen LogP contribution >= 0.6 is 11.3 Å². The number of carbonyl (C=O) groups excluding carboxylic acids is 2. The number of carbonyl (C=O) groups is 2. The number of anilines is 2. The van der Waals surface area contributed by atoms with Crippen LogP contribution in [0.15, 0.2) is 53.9 Å². The fourth-order valence-electron chi connectivity index (χ4n) is 3.47. The minimum absolute atomic E-state index is 0.0198. The second-order valence-corrected chi connectivity index (χ2v) is 7.47. The van der Waals surface area contributed by atoms with E-state index in [1.807, 2.05) is 35.7 Å². The second-order valence-electron chi connectivity index (χ2n) is 6.52. The third kappa shape index (κ3) is 3.56. The van der Waals surface area contributed by atoms with Crippen molar-refractivity contribution in [2.45, 2.75) is 6.42 Å². The number of thiophene rings is 1. The van der Waals surface area contributed by atoms with Gasteiger partial charge in [0, 0.05) is 17.9 Å². The van der Waals surface area contributed by atoms with E-state index in [1.165, 1.54) is 25.6 Å². The van der Waals surface area contributed by atoms with E-state index >= 15 is 0 Å². The number of fused-ring (bicyclic) bond motifs is 1. The van der Waals surface area contributed by atoms with Crippen molar-refractivity contribution in [2.75, 3.05) is 31.0 Å². The summed E-state index contributed by atoms with van der Waals surface area (Å²) in [7, 11) is 3.02. The van der Waals surface area contributed by atoms with Crippen LogP contribution in [0.2, 0.25) is 0 Å². The predicted molar refractivity (Wildman–Crippen MR) is 114 cm³/mol. The fourth-order valence-corrected chi connectivity index (χ4v) is 4.14. The maximum atomic E-state index is 12.9. The van der Waals surface area contributed by atoms with E-state index in [2.05, 4.69) is 5.32 Å². The molecule has 1 aromatic heterocycles. The van der Waals surface area contributed by atoms with Gasteiger partial charge < -0.3 is 19.7 Å². The van der Waals surface area contributed by atoms with Crippen LogP contribution in [0.5, 0.6) is 11.5 Å². The van der Waals surface area contributed by atoms with Gasteiger partial charge in [-0.25, -0.2) is 0 Å². The molecule has 0 spiro atoms. The summed E-state index contributed by atoms with van der Waals surface area (Å²) in [5.74, 6) is 0.497. The quantitative estimate of drug-likeness (QED) is 0.686. The molecule has 2 amide bonds. The Bertz CT molecular complexity index is 1040. The van der Waals surface area contributed by atoms with Gasteiger partial charge in [0.2, 0.25) is 0 Å². The fraction of sp³-hybridized carbons (Fsp3) is 0.182. The summed E-state index contributed by atoms with van der Waals surface area (Å²) in [6.45, 7) is 0.629. The average molecular weight is 408 g/mol. The van der Waals surface area contributed by atoms with Crippen molar-refractivity contribution in [3.05, 3.63) is 69.9 Å². The van der Waals surface area contributed by atoms with E-state index in [1.54, 1.807) is 23.1 Å². The number of amides is 2. The molecule has 2 aromatic carbocycles. The first-order valence-electron chi connectivity index (χ1n) is 9.13. The Hall–Kier alpha value is -3.32. The normalized spacial score (nSPS) is 12.4. The highest BCUT2D eigenvalue weighted by atomic mass is 32.1. The molecule has 0 atom stereocenters. The first-order chi connectivity index (χ1) is 14.1. The largest absolute Gasteiger partial charge is 0.496 e. The molecule has 4 rings (SSSR count). The molecule has 1 aliphatic heterocycles. The average Bonchev–Trinajstić information content (AvgIpc) is 3.42. The number of ether oxygens (including phenoxy) is 2. The Morgan fingerprint density at radius 3 is 2.45 bits per heavy atom. The van der Waals surface area contributed by atoms with Crippen LogP contribution in [-0.2, 0) is 6.42 Å². The number of nitrogens with one attached hydrogen (secondary N) is 1. The van der Waals surface area contributed by atoms with Crippen molar-refractivity contribution in [2.24, 2.45) is 0 Å². The van der Waals surface area contributed by atoms with E-state index in [-0.39, 0.29) is 11.8 Å². The smallest absolute Gasteiger partial charge is 0.268 e. The summed E-state index contributed by atoms with van der Waals surface area (Å²) in [5, 5.41) is 4.79. The van der Waals surface area contributed by atoms with Crippen LogP contribution < -0.4 is 19.7 Å². The molecule has 0 radical (unpaired) electrons. The van der Waals surface area contributed by atoms with Crippen LogP contribution in [0.4, 0.5) is 11.4 Å². The van der Waals surface area contributed by atoms with Crippen LogP contribution in [0.25, 0.3) is 0 Å². The lowest BCUT2D eigenvalue weighted by atomic mass is 10.1. The van der Waals surface area contributed by atoms with Gasteiger partial charge in [0.15, 0.2) is 0 Å². The van der Waals surface area contributed by atoms with E-state index in [4.69, 9.17) is 9.47 Å². The lowest BCUT2D eigenvalue weighted by molar-refractivity contribution is 0.0991.